The second-order valence-corrected chi connectivity index (χ2v) is 6.63. The Balaban J connectivity index is 2.83. The van der Waals surface area contributed by atoms with E-state index in [1.807, 2.05) is 6.26 Å². The Morgan fingerprint density at radius 2 is 2.16 bits per heavy atom. The second kappa shape index (κ2) is 7.74. The van der Waals surface area contributed by atoms with Crippen molar-refractivity contribution in [3.05, 3.63) is 23.8 Å². The fraction of sp³-hybridized carbons (Fsp3) is 0.500. The lowest BCUT2D eigenvalue weighted by Crippen LogP contribution is -2.25. The van der Waals surface area contributed by atoms with Crippen LogP contribution in [0.15, 0.2) is 23.1 Å². The summed E-state index contributed by atoms with van der Waals surface area (Å²) >= 11 is 1.67. The zero-order valence-electron chi connectivity index (χ0n) is 11.0. The van der Waals surface area contributed by atoms with Crippen LogP contribution in [0.4, 0.5) is 0 Å². The van der Waals surface area contributed by atoms with Gasteiger partial charge in [-0.2, -0.15) is 11.8 Å². The number of rotatable bonds is 8. The molecule has 0 aromatic heterocycles. The Bertz CT molecular complexity index is 502. The van der Waals surface area contributed by atoms with Crippen LogP contribution in [-0.4, -0.2) is 39.2 Å². The van der Waals surface area contributed by atoms with E-state index in [1.54, 1.807) is 17.8 Å². The maximum Gasteiger partial charge on any atom is 0.240 e. The number of benzene rings is 1. The third-order valence-electron chi connectivity index (χ3n) is 2.55. The fourth-order valence-corrected chi connectivity index (χ4v) is 3.11. The van der Waals surface area contributed by atoms with E-state index < -0.39 is 10.0 Å². The van der Waals surface area contributed by atoms with E-state index in [2.05, 4.69) is 4.72 Å². The number of sulfonamides is 1. The monoisotopic (exact) mass is 305 g/mol. The van der Waals surface area contributed by atoms with Crippen molar-refractivity contribution in [2.24, 2.45) is 0 Å². The number of hydrogen-bond donors (Lipinski definition) is 2. The summed E-state index contributed by atoms with van der Waals surface area (Å²) < 4.78 is 31.6. The summed E-state index contributed by atoms with van der Waals surface area (Å²) in [5, 5.41) is 9.19. The van der Waals surface area contributed by atoms with Gasteiger partial charge in [-0.3, -0.25) is 0 Å². The topological polar surface area (TPSA) is 75.6 Å². The molecule has 0 heterocycles. The predicted octanol–water partition coefficient (Wildman–Crippen LogP) is 1.22. The highest BCUT2D eigenvalue weighted by molar-refractivity contribution is 7.98. The summed E-state index contributed by atoms with van der Waals surface area (Å²) in [7, 11) is -2.05. The Morgan fingerprint density at radius 3 is 2.74 bits per heavy atom. The molecule has 0 saturated heterocycles. The zero-order valence-corrected chi connectivity index (χ0v) is 12.7. The van der Waals surface area contributed by atoms with E-state index >= 15 is 0 Å². The first kappa shape index (κ1) is 16.3. The summed E-state index contributed by atoms with van der Waals surface area (Å²) in [5.41, 5.74) is 0.453. The van der Waals surface area contributed by atoms with Crippen molar-refractivity contribution in [3.8, 4) is 5.75 Å². The molecule has 0 atom stereocenters. The van der Waals surface area contributed by atoms with Gasteiger partial charge in [-0.25, -0.2) is 13.1 Å². The van der Waals surface area contributed by atoms with Gasteiger partial charge in [0.2, 0.25) is 10.0 Å². The van der Waals surface area contributed by atoms with Crippen LogP contribution in [0.25, 0.3) is 0 Å². The van der Waals surface area contributed by atoms with E-state index in [-0.39, 0.29) is 11.5 Å². The Hall–Kier alpha value is -0.760. The minimum absolute atomic E-state index is 0.140. The van der Waals surface area contributed by atoms with E-state index in [0.717, 1.165) is 12.2 Å². The van der Waals surface area contributed by atoms with Gasteiger partial charge >= 0.3 is 0 Å². The summed E-state index contributed by atoms with van der Waals surface area (Å²) in [6.07, 6.45) is 2.76. The first-order chi connectivity index (χ1) is 9.05. The smallest absolute Gasteiger partial charge is 0.240 e. The van der Waals surface area contributed by atoms with Gasteiger partial charge in [0.05, 0.1) is 18.6 Å². The Morgan fingerprint density at radius 1 is 1.42 bits per heavy atom. The van der Waals surface area contributed by atoms with Crippen LogP contribution in [0, 0.1) is 0 Å². The third-order valence-corrected chi connectivity index (χ3v) is 4.71. The largest absolute Gasteiger partial charge is 0.496 e. The summed E-state index contributed by atoms with van der Waals surface area (Å²) in [5.74, 6) is 1.39. The molecule has 0 amide bonds. The SMILES string of the molecule is COc1ccc(S(=O)(=O)NCCCSC)cc1CO. The molecular weight excluding hydrogens is 286 g/mol. The number of hydrogen-bond acceptors (Lipinski definition) is 5. The van der Waals surface area contributed by atoms with Gasteiger partial charge in [0.25, 0.3) is 0 Å². The highest BCUT2D eigenvalue weighted by Gasteiger charge is 2.15. The lowest BCUT2D eigenvalue weighted by Gasteiger charge is -2.10. The van der Waals surface area contributed by atoms with Crippen LogP contribution in [0.1, 0.15) is 12.0 Å². The minimum Gasteiger partial charge on any atom is -0.496 e. The third kappa shape index (κ3) is 4.68. The molecule has 1 rings (SSSR count). The van der Waals surface area contributed by atoms with Crippen molar-refractivity contribution in [2.75, 3.05) is 25.7 Å². The molecule has 0 aliphatic heterocycles. The highest BCUT2D eigenvalue weighted by Crippen LogP contribution is 2.22. The number of methoxy groups -OCH3 is 1. The van der Waals surface area contributed by atoms with Gasteiger partial charge in [0, 0.05) is 12.1 Å². The number of thioether (sulfide) groups is 1. The standard InChI is InChI=1S/C12H19NO4S2/c1-17-12-5-4-11(8-10(12)9-14)19(15,16)13-6-3-7-18-2/h4-5,8,13-14H,3,6-7,9H2,1-2H3. The van der Waals surface area contributed by atoms with Gasteiger partial charge in [-0.1, -0.05) is 0 Å². The van der Waals surface area contributed by atoms with Crippen LogP contribution in [-0.2, 0) is 16.6 Å². The molecular formula is C12H19NO4S2. The maximum atomic E-state index is 12.0. The van der Waals surface area contributed by atoms with Crippen LogP contribution in [0.2, 0.25) is 0 Å². The normalized spacial score (nSPS) is 11.5. The summed E-state index contributed by atoms with van der Waals surface area (Å²) in [6.45, 7) is 0.142. The molecule has 0 radical (unpaired) electrons. The molecule has 1 aromatic rings. The Kier molecular flexibility index (Phi) is 6.64. The van der Waals surface area contributed by atoms with Gasteiger partial charge in [-0.15, -0.1) is 0 Å². The van der Waals surface area contributed by atoms with Crippen LogP contribution < -0.4 is 9.46 Å². The van der Waals surface area contributed by atoms with Crippen molar-refractivity contribution in [3.63, 3.8) is 0 Å². The maximum absolute atomic E-state index is 12.0. The lowest BCUT2D eigenvalue weighted by atomic mass is 10.2. The van der Waals surface area contributed by atoms with Gasteiger partial charge < -0.3 is 9.84 Å². The van der Waals surface area contributed by atoms with Crippen LogP contribution >= 0.6 is 11.8 Å². The molecule has 2 N–H and O–H groups in total. The quantitative estimate of drug-likeness (QED) is 0.706. The molecule has 5 nitrogen and oxygen atoms in total. The second-order valence-electron chi connectivity index (χ2n) is 3.88. The van der Waals surface area contributed by atoms with E-state index in [0.29, 0.717) is 17.9 Å². The van der Waals surface area contributed by atoms with Crippen LogP contribution in [0.5, 0.6) is 5.75 Å². The molecule has 108 valence electrons. The Labute approximate surface area is 118 Å². The van der Waals surface area contributed by atoms with E-state index in [1.165, 1.54) is 19.2 Å². The average Bonchev–Trinajstić information content (AvgIpc) is 2.42. The number of aliphatic hydroxyl groups excluding tert-OH is 1. The molecule has 0 unspecified atom stereocenters. The zero-order chi connectivity index (χ0) is 14.3. The summed E-state index contributed by atoms with van der Waals surface area (Å²) in [6, 6.07) is 4.44. The first-order valence-corrected chi connectivity index (χ1v) is 8.69. The average molecular weight is 305 g/mol. The molecule has 1 aromatic carbocycles. The molecule has 0 spiro atoms. The molecule has 7 heteroatoms. The van der Waals surface area contributed by atoms with E-state index in [9.17, 15) is 13.5 Å². The van der Waals surface area contributed by atoms with Gasteiger partial charge in [-0.05, 0) is 36.6 Å². The van der Waals surface area contributed by atoms with Crippen molar-refractivity contribution in [2.45, 2.75) is 17.9 Å². The van der Waals surface area contributed by atoms with Crippen molar-refractivity contribution >= 4 is 21.8 Å². The minimum atomic E-state index is -3.52. The molecule has 0 aliphatic carbocycles. The number of ether oxygens (including phenoxy) is 1. The van der Waals surface area contributed by atoms with Crippen molar-refractivity contribution < 1.29 is 18.3 Å². The molecule has 19 heavy (non-hydrogen) atoms. The van der Waals surface area contributed by atoms with Gasteiger partial charge in [0.15, 0.2) is 0 Å². The molecule has 0 bridgehead atoms. The predicted molar refractivity (Wildman–Crippen MR) is 77.1 cm³/mol. The number of aliphatic hydroxyl groups is 1. The van der Waals surface area contributed by atoms with Crippen molar-refractivity contribution in [1.29, 1.82) is 0 Å². The highest BCUT2D eigenvalue weighted by atomic mass is 32.2. The number of nitrogens with one attached hydrogen (secondary N) is 1. The molecule has 0 aliphatic rings. The van der Waals surface area contributed by atoms with Gasteiger partial charge in [0.1, 0.15) is 5.75 Å². The fourth-order valence-electron chi connectivity index (χ4n) is 1.55. The molecule has 0 fully saturated rings. The van der Waals surface area contributed by atoms with Crippen LogP contribution in [0.3, 0.4) is 0 Å². The summed E-state index contributed by atoms with van der Waals surface area (Å²) in [4.78, 5) is 0.140. The lowest BCUT2D eigenvalue weighted by molar-refractivity contribution is 0.273. The van der Waals surface area contributed by atoms with Crippen molar-refractivity contribution in [1.82, 2.24) is 4.72 Å². The molecule has 0 saturated carbocycles. The van der Waals surface area contributed by atoms with E-state index in [4.69, 9.17) is 4.74 Å². The first-order valence-electron chi connectivity index (χ1n) is 5.81.